The highest BCUT2D eigenvalue weighted by atomic mass is 19.4. The van der Waals surface area contributed by atoms with E-state index in [1.807, 2.05) is 0 Å². The first-order valence-corrected chi connectivity index (χ1v) is 8.98. The second-order valence-electron chi connectivity index (χ2n) is 7.60. The molecule has 6 nitrogen and oxygen atoms in total. The molecule has 0 amide bonds. The number of aliphatic hydroxyl groups is 2. The van der Waals surface area contributed by atoms with Gasteiger partial charge < -0.3 is 14.9 Å². The lowest BCUT2D eigenvalue weighted by Crippen LogP contribution is -2.67. The van der Waals surface area contributed by atoms with Crippen molar-refractivity contribution in [3.8, 4) is 0 Å². The Morgan fingerprint density at radius 3 is 1.44 bits per heavy atom. The highest BCUT2D eigenvalue weighted by molar-refractivity contribution is 5.70. The van der Waals surface area contributed by atoms with Gasteiger partial charge in [-0.3, -0.25) is 0 Å². The molecule has 1 heterocycles. The minimum Gasteiger partial charge on any atom is -0.446 e. The van der Waals surface area contributed by atoms with Gasteiger partial charge in [0.1, 0.15) is 12.4 Å². The lowest BCUT2D eigenvalue weighted by Gasteiger charge is -2.48. The zero-order valence-electron chi connectivity index (χ0n) is 16.2. The van der Waals surface area contributed by atoms with Crippen LogP contribution in [0.4, 0.5) is 57.5 Å². The maximum absolute atomic E-state index is 13.3. The normalized spacial score (nSPS) is 23.6. The smallest absolute Gasteiger partial charge is 0.426 e. The molecule has 0 saturated heterocycles. The molecule has 34 heavy (non-hydrogen) atoms. The van der Waals surface area contributed by atoms with Crippen LogP contribution in [0.25, 0.3) is 0 Å². The fourth-order valence-corrected chi connectivity index (χ4v) is 3.86. The van der Waals surface area contributed by atoms with Gasteiger partial charge in [-0.15, -0.1) is 0 Å². The Bertz CT molecular complexity index is 785. The molecule has 0 spiro atoms. The molecular weight excluding hydrogens is 512 g/mol. The van der Waals surface area contributed by atoms with Gasteiger partial charge in [0.25, 0.3) is 11.2 Å². The number of imidazole rings is 1. The summed E-state index contributed by atoms with van der Waals surface area (Å²) in [6.45, 7) is 0. The van der Waals surface area contributed by atoms with Crippen LogP contribution < -0.4 is 0 Å². The van der Waals surface area contributed by atoms with Crippen molar-refractivity contribution in [3.05, 3.63) is 18.7 Å². The Morgan fingerprint density at radius 1 is 0.765 bits per heavy atom. The maximum atomic E-state index is 13.3. The molecule has 1 aromatic heterocycles. The van der Waals surface area contributed by atoms with Crippen LogP contribution in [0.2, 0.25) is 0 Å². The van der Waals surface area contributed by atoms with E-state index < -0.39 is 79.2 Å². The van der Waals surface area contributed by atoms with Gasteiger partial charge in [0, 0.05) is 24.2 Å². The summed E-state index contributed by atoms with van der Waals surface area (Å²) in [5.41, 5.74) is -11.6. The van der Waals surface area contributed by atoms with Crippen LogP contribution >= 0.6 is 0 Å². The van der Waals surface area contributed by atoms with E-state index in [2.05, 4.69) is 9.72 Å². The molecule has 2 rings (SSSR count). The van der Waals surface area contributed by atoms with Crippen LogP contribution in [-0.2, 0) is 4.74 Å². The average molecular weight is 526 g/mol. The summed E-state index contributed by atoms with van der Waals surface area (Å²) in [6.07, 6.45) is -33.4. The first-order valence-electron chi connectivity index (χ1n) is 8.98. The lowest BCUT2D eigenvalue weighted by molar-refractivity contribution is -0.405. The highest BCUT2D eigenvalue weighted by Crippen LogP contribution is 2.57. The van der Waals surface area contributed by atoms with Crippen molar-refractivity contribution in [2.24, 2.45) is 11.8 Å². The van der Waals surface area contributed by atoms with E-state index in [0.717, 1.165) is 12.4 Å². The van der Waals surface area contributed by atoms with Crippen molar-refractivity contribution in [3.63, 3.8) is 0 Å². The third-order valence-electron chi connectivity index (χ3n) is 5.56. The number of hydrogen-bond donors (Lipinski definition) is 2. The molecule has 0 bridgehead atoms. The highest BCUT2D eigenvalue weighted by Gasteiger charge is 2.78. The Balaban J connectivity index is 2.60. The van der Waals surface area contributed by atoms with Gasteiger partial charge in [-0.05, 0) is 19.3 Å². The summed E-state index contributed by atoms with van der Waals surface area (Å²) in [6, 6.07) is 0. The Labute approximate surface area is 181 Å². The van der Waals surface area contributed by atoms with Crippen LogP contribution in [0.5, 0.6) is 0 Å². The molecule has 2 N–H and O–H groups in total. The van der Waals surface area contributed by atoms with Crippen LogP contribution in [-0.4, -0.2) is 67.9 Å². The van der Waals surface area contributed by atoms with Crippen LogP contribution in [0.1, 0.15) is 19.3 Å². The lowest BCUT2D eigenvalue weighted by atomic mass is 9.65. The number of rotatable bonds is 3. The summed E-state index contributed by atoms with van der Waals surface area (Å²) in [7, 11) is 0. The summed E-state index contributed by atoms with van der Waals surface area (Å²) >= 11 is 0. The third kappa shape index (κ3) is 4.65. The van der Waals surface area contributed by atoms with E-state index in [1.54, 1.807) is 0 Å². The van der Waals surface area contributed by atoms with E-state index in [-0.39, 0.29) is 0 Å². The van der Waals surface area contributed by atoms with E-state index in [1.165, 1.54) is 0 Å². The van der Waals surface area contributed by atoms with Gasteiger partial charge in [-0.25, -0.2) is 14.3 Å². The molecule has 0 aromatic carbocycles. The molecular formula is C16H14F12N2O4. The van der Waals surface area contributed by atoms with Crippen molar-refractivity contribution in [2.45, 2.75) is 61.3 Å². The second-order valence-corrected chi connectivity index (χ2v) is 7.60. The van der Waals surface area contributed by atoms with E-state index >= 15 is 0 Å². The van der Waals surface area contributed by atoms with Gasteiger partial charge >= 0.3 is 30.8 Å². The molecule has 1 aliphatic carbocycles. The molecule has 1 aromatic rings. The van der Waals surface area contributed by atoms with Crippen LogP contribution in [0, 0.1) is 11.8 Å². The quantitative estimate of drug-likeness (QED) is 0.572. The minimum absolute atomic E-state index is 0.443. The number of hydrogen-bond acceptors (Lipinski definition) is 5. The van der Waals surface area contributed by atoms with Gasteiger partial charge in [-0.1, -0.05) is 0 Å². The van der Waals surface area contributed by atoms with E-state index in [9.17, 15) is 67.7 Å². The van der Waals surface area contributed by atoms with E-state index in [4.69, 9.17) is 0 Å². The topological polar surface area (TPSA) is 84.6 Å². The first kappa shape index (κ1) is 28.0. The number of alkyl halides is 12. The molecule has 2 unspecified atom stereocenters. The van der Waals surface area contributed by atoms with Crippen molar-refractivity contribution in [2.75, 3.05) is 0 Å². The fourth-order valence-electron chi connectivity index (χ4n) is 3.86. The molecule has 1 fully saturated rings. The fraction of sp³-hybridized carbons (Fsp3) is 0.750. The molecule has 2 atom stereocenters. The Hall–Kier alpha value is -2.24. The predicted molar refractivity (Wildman–Crippen MR) is 82.8 cm³/mol. The summed E-state index contributed by atoms with van der Waals surface area (Å²) in [5, 5.41) is 19.2. The molecule has 196 valence electrons. The third-order valence-corrected chi connectivity index (χ3v) is 5.56. The number of carbonyl (C=O) groups excluding carboxylic acids is 1. The summed E-state index contributed by atoms with van der Waals surface area (Å²) < 4.78 is 164. The molecule has 1 saturated carbocycles. The summed E-state index contributed by atoms with van der Waals surface area (Å²) in [4.78, 5) is 15.3. The zero-order chi connectivity index (χ0) is 26.5. The second kappa shape index (κ2) is 8.46. The van der Waals surface area contributed by atoms with Gasteiger partial charge in [0.05, 0.1) is 0 Å². The molecule has 0 radical (unpaired) electrons. The standard InChI is InChI=1S/C16H14F12N2O4/c17-13(18,19)11(32,14(20,21)22)7-3-8(12(33,15(23,24)25)16(26,27)28)5-9(4-7)34-10(31)30-2-1-29-6-30/h1-2,6-9,32-33H,3-5H2. The monoisotopic (exact) mass is 526 g/mol. The number of aromatic nitrogens is 2. The minimum atomic E-state index is -6.61. The Kier molecular flexibility index (Phi) is 6.96. The van der Waals surface area contributed by atoms with Crippen molar-refractivity contribution >= 4 is 6.09 Å². The van der Waals surface area contributed by atoms with Crippen LogP contribution in [0.3, 0.4) is 0 Å². The molecule has 0 aliphatic heterocycles. The summed E-state index contributed by atoms with van der Waals surface area (Å²) in [5.74, 6) is -6.83. The van der Waals surface area contributed by atoms with Gasteiger partial charge in [0.2, 0.25) is 0 Å². The van der Waals surface area contributed by atoms with E-state index in [0.29, 0.717) is 10.9 Å². The van der Waals surface area contributed by atoms with Gasteiger partial charge in [0.15, 0.2) is 0 Å². The predicted octanol–water partition coefficient (Wildman–Crippen LogP) is 4.36. The van der Waals surface area contributed by atoms with Crippen LogP contribution in [0.15, 0.2) is 18.7 Å². The van der Waals surface area contributed by atoms with Crippen molar-refractivity contribution in [1.82, 2.24) is 9.55 Å². The number of carbonyl (C=O) groups is 1. The van der Waals surface area contributed by atoms with Crippen molar-refractivity contribution in [1.29, 1.82) is 0 Å². The molecule has 1 aliphatic rings. The maximum Gasteiger partial charge on any atom is 0.426 e. The zero-order valence-corrected chi connectivity index (χ0v) is 16.2. The van der Waals surface area contributed by atoms with Gasteiger partial charge in [-0.2, -0.15) is 52.7 Å². The first-order chi connectivity index (χ1) is 15.1. The van der Waals surface area contributed by atoms with Crippen molar-refractivity contribution < 1.29 is 72.4 Å². The average Bonchev–Trinajstić information content (AvgIpc) is 3.17. The Morgan fingerprint density at radius 2 is 1.15 bits per heavy atom. The number of halogens is 12. The SMILES string of the molecule is O=C(OC1CC(C(O)(C(F)(F)F)C(F)(F)F)CC(C(O)(C(F)(F)F)C(F)(F)F)C1)n1ccnc1. The largest absolute Gasteiger partial charge is 0.446 e. The molecule has 18 heteroatoms. The number of ether oxygens (including phenoxy) is 1. The number of nitrogens with zero attached hydrogens (tertiary/aromatic N) is 2.